The fourth-order valence-corrected chi connectivity index (χ4v) is 6.55. The van der Waals surface area contributed by atoms with Gasteiger partial charge < -0.3 is 21.2 Å². The summed E-state index contributed by atoms with van der Waals surface area (Å²) in [7, 11) is 0. The Labute approximate surface area is 228 Å². The smallest absolute Gasteiger partial charge is 0.270 e. The van der Waals surface area contributed by atoms with Crippen LogP contribution in [0.15, 0.2) is 36.2 Å². The first-order chi connectivity index (χ1) is 17.9. The minimum Gasteiger partial charge on any atom is -0.403 e. The number of carbonyl (C=O) groups excluding carboxylic acids is 1. The predicted molar refractivity (Wildman–Crippen MR) is 149 cm³/mol. The van der Waals surface area contributed by atoms with Gasteiger partial charge in [-0.25, -0.2) is 4.98 Å². The van der Waals surface area contributed by atoms with Crippen LogP contribution in [0.25, 0.3) is 0 Å². The molecule has 1 amide bonds. The van der Waals surface area contributed by atoms with Gasteiger partial charge in [0.1, 0.15) is 5.70 Å². The number of aryl methyl sites for hydroxylation is 2. The second kappa shape index (κ2) is 13.1. The van der Waals surface area contributed by atoms with Crippen LogP contribution in [0.2, 0.25) is 5.02 Å². The Kier molecular flexibility index (Phi) is 9.83. The van der Waals surface area contributed by atoms with E-state index in [2.05, 4.69) is 41.6 Å². The maximum Gasteiger partial charge on any atom is 0.270 e. The monoisotopic (exact) mass is 546 g/mol. The van der Waals surface area contributed by atoms with Crippen LogP contribution in [-0.4, -0.2) is 54.2 Å². The number of nitrogens with zero attached hydrogens (tertiary/aromatic N) is 2. The lowest BCUT2D eigenvalue weighted by Gasteiger charge is -2.42. The third-order valence-electron chi connectivity index (χ3n) is 7.65. The SMILES string of the molecule is Cc1nc(C2CCC(CN3CC(CNC(=O)/C(=C/N)NN)OCC3Cc3ccc(Cl)cc3)CC2)sc1C. The normalized spacial score (nSPS) is 25.1. The number of rotatable bonds is 9. The molecule has 1 aliphatic carbocycles. The summed E-state index contributed by atoms with van der Waals surface area (Å²) >= 11 is 7.97. The molecule has 1 saturated heterocycles. The molecule has 4 rings (SSSR count). The minimum atomic E-state index is -0.338. The van der Waals surface area contributed by atoms with Crippen molar-refractivity contribution in [3.63, 3.8) is 0 Å². The van der Waals surface area contributed by atoms with Crippen molar-refractivity contribution in [3.05, 3.63) is 62.3 Å². The number of halogens is 1. The van der Waals surface area contributed by atoms with Crippen LogP contribution in [-0.2, 0) is 16.0 Å². The Morgan fingerprint density at radius 1 is 1.24 bits per heavy atom. The lowest BCUT2D eigenvalue weighted by atomic mass is 9.81. The molecule has 1 aromatic heterocycles. The van der Waals surface area contributed by atoms with E-state index in [1.165, 1.54) is 46.8 Å². The number of nitrogens with two attached hydrogens (primary N) is 2. The van der Waals surface area contributed by atoms with Gasteiger partial charge in [-0.3, -0.25) is 15.5 Å². The summed E-state index contributed by atoms with van der Waals surface area (Å²) in [5, 5.41) is 4.94. The summed E-state index contributed by atoms with van der Waals surface area (Å²) in [4.78, 5) is 21.0. The molecule has 1 aliphatic heterocycles. The van der Waals surface area contributed by atoms with Crippen LogP contribution >= 0.6 is 22.9 Å². The van der Waals surface area contributed by atoms with Gasteiger partial charge in [-0.1, -0.05) is 23.7 Å². The van der Waals surface area contributed by atoms with Crippen molar-refractivity contribution in [2.75, 3.05) is 26.2 Å². The van der Waals surface area contributed by atoms with Crippen molar-refractivity contribution in [2.24, 2.45) is 17.5 Å². The van der Waals surface area contributed by atoms with Crippen LogP contribution < -0.4 is 22.3 Å². The van der Waals surface area contributed by atoms with E-state index in [4.69, 9.17) is 32.9 Å². The molecule has 2 heterocycles. The van der Waals surface area contributed by atoms with Crippen LogP contribution in [0.1, 0.15) is 52.7 Å². The first-order valence-electron chi connectivity index (χ1n) is 13.1. The molecule has 0 spiro atoms. The van der Waals surface area contributed by atoms with Gasteiger partial charge >= 0.3 is 0 Å². The van der Waals surface area contributed by atoms with Gasteiger partial charge in [0.15, 0.2) is 0 Å². The van der Waals surface area contributed by atoms with Gasteiger partial charge in [0.2, 0.25) is 0 Å². The number of hydrazine groups is 1. The summed E-state index contributed by atoms with van der Waals surface area (Å²) in [5.41, 5.74) is 10.3. The van der Waals surface area contributed by atoms with Crippen LogP contribution in [0.5, 0.6) is 0 Å². The van der Waals surface area contributed by atoms with Gasteiger partial charge in [0.25, 0.3) is 5.91 Å². The van der Waals surface area contributed by atoms with E-state index in [9.17, 15) is 4.79 Å². The summed E-state index contributed by atoms with van der Waals surface area (Å²) in [6.07, 6.45) is 6.78. The highest BCUT2D eigenvalue weighted by Gasteiger charge is 2.33. The molecule has 2 aliphatic rings. The highest BCUT2D eigenvalue weighted by molar-refractivity contribution is 7.11. The number of hydrogen-bond acceptors (Lipinski definition) is 8. The quantitative estimate of drug-likeness (QED) is 0.216. The largest absolute Gasteiger partial charge is 0.403 e. The van der Waals surface area contributed by atoms with Crippen LogP contribution in [0.4, 0.5) is 0 Å². The molecule has 8 nitrogen and oxygen atoms in total. The van der Waals surface area contributed by atoms with Crippen LogP contribution in [0, 0.1) is 19.8 Å². The second-order valence-electron chi connectivity index (χ2n) is 10.2. The number of nitrogens with one attached hydrogen (secondary N) is 2. The third-order valence-corrected chi connectivity index (χ3v) is 9.14. The van der Waals surface area contributed by atoms with Crippen molar-refractivity contribution in [1.29, 1.82) is 0 Å². The molecule has 202 valence electrons. The van der Waals surface area contributed by atoms with Crippen molar-refractivity contribution in [3.8, 4) is 0 Å². The predicted octanol–water partition coefficient (Wildman–Crippen LogP) is 3.38. The average molecular weight is 547 g/mol. The molecular formula is C27H39ClN6O2S. The van der Waals surface area contributed by atoms with Gasteiger partial charge in [-0.2, -0.15) is 0 Å². The highest BCUT2D eigenvalue weighted by Crippen LogP contribution is 2.38. The summed E-state index contributed by atoms with van der Waals surface area (Å²) < 4.78 is 6.20. The van der Waals surface area contributed by atoms with Crippen molar-refractivity contribution in [1.82, 2.24) is 20.6 Å². The van der Waals surface area contributed by atoms with Crippen molar-refractivity contribution in [2.45, 2.75) is 64.0 Å². The molecule has 6 N–H and O–H groups in total. The Hall–Kier alpha value is -2.17. The number of ether oxygens (including phenoxy) is 1. The third kappa shape index (κ3) is 7.45. The number of aromatic nitrogens is 1. The second-order valence-corrected chi connectivity index (χ2v) is 11.9. The zero-order valence-electron chi connectivity index (χ0n) is 21.7. The lowest BCUT2D eigenvalue weighted by Crippen LogP contribution is -2.55. The highest BCUT2D eigenvalue weighted by atomic mass is 35.5. The van der Waals surface area contributed by atoms with Gasteiger partial charge in [-0.15, -0.1) is 11.3 Å². The zero-order chi connectivity index (χ0) is 26.4. The number of hydrogen-bond donors (Lipinski definition) is 4. The van der Waals surface area contributed by atoms with Crippen LogP contribution in [0.3, 0.4) is 0 Å². The molecule has 10 heteroatoms. The van der Waals surface area contributed by atoms with Gasteiger partial charge in [0.05, 0.1) is 23.4 Å². The first-order valence-corrected chi connectivity index (χ1v) is 14.3. The van der Waals surface area contributed by atoms with E-state index in [1.807, 2.05) is 23.5 Å². The van der Waals surface area contributed by atoms with E-state index >= 15 is 0 Å². The van der Waals surface area contributed by atoms with E-state index in [1.54, 1.807) is 0 Å². The number of carbonyl (C=O) groups is 1. The molecule has 1 aromatic carbocycles. The Morgan fingerprint density at radius 2 is 1.97 bits per heavy atom. The maximum atomic E-state index is 12.3. The average Bonchev–Trinajstić information content (AvgIpc) is 3.24. The summed E-state index contributed by atoms with van der Waals surface area (Å²) in [6.45, 7) is 7.09. The molecule has 2 fully saturated rings. The molecule has 2 atom stereocenters. The maximum absolute atomic E-state index is 12.3. The number of morpholine rings is 1. The minimum absolute atomic E-state index is 0.0974. The molecule has 0 bridgehead atoms. The van der Waals surface area contributed by atoms with E-state index < -0.39 is 0 Å². The Morgan fingerprint density at radius 3 is 2.59 bits per heavy atom. The molecule has 2 aromatic rings. The molecule has 1 saturated carbocycles. The lowest BCUT2D eigenvalue weighted by molar-refractivity contribution is -0.119. The standard InChI is InChI=1S/C27H39ClN6O2S/c1-17-18(2)37-27(32-17)21-7-3-20(4-8-21)14-34-15-24(13-31-26(35)25(12-29)33-30)36-16-23(34)11-19-5-9-22(28)10-6-19/h5-6,9-10,12,20-21,23-24,33H,3-4,7-8,11,13-16,29-30H2,1-2H3,(H,31,35)/b25-12-. The summed E-state index contributed by atoms with van der Waals surface area (Å²) in [6, 6.07) is 8.36. The van der Waals surface area contributed by atoms with E-state index in [-0.39, 0.29) is 23.8 Å². The zero-order valence-corrected chi connectivity index (χ0v) is 23.3. The Balaban J connectivity index is 1.37. The topological polar surface area (TPSA) is 119 Å². The van der Waals surface area contributed by atoms with Gasteiger partial charge in [-0.05, 0) is 69.6 Å². The molecule has 0 radical (unpaired) electrons. The van der Waals surface area contributed by atoms with Crippen molar-refractivity contribution >= 4 is 28.8 Å². The molecular weight excluding hydrogens is 508 g/mol. The number of thiazole rings is 1. The Bertz CT molecular complexity index is 1050. The number of benzene rings is 1. The van der Waals surface area contributed by atoms with E-state index in [0.29, 0.717) is 25.0 Å². The van der Waals surface area contributed by atoms with E-state index in [0.717, 1.165) is 30.7 Å². The molecule has 2 unspecified atom stereocenters. The first kappa shape index (κ1) is 27.9. The molecule has 37 heavy (non-hydrogen) atoms. The van der Waals surface area contributed by atoms with Crippen molar-refractivity contribution < 1.29 is 9.53 Å². The summed E-state index contributed by atoms with van der Waals surface area (Å²) in [5.74, 6) is 6.26. The number of amides is 1. The fourth-order valence-electron chi connectivity index (χ4n) is 5.33. The van der Waals surface area contributed by atoms with Gasteiger partial charge in [0, 0.05) is 47.7 Å². The fraction of sp³-hybridized carbons (Fsp3) is 0.556.